The Morgan fingerprint density at radius 3 is 2.61 bits per heavy atom. The van der Waals surface area contributed by atoms with E-state index >= 15 is 0 Å². The number of aromatic nitrogens is 3. The van der Waals surface area contributed by atoms with Gasteiger partial charge in [0.25, 0.3) is 5.56 Å². The van der Waals surface area contributed by atoms with Crippen molar-refractivity contribution in [3.63, 3.8) is 0 Å². The molecular formula is C21H28N4O2S. The van der Waals surface area contributed by atoms with E-state index in [1.165, 1.54) is 21.4 Å². The Balaban J connectivity index is 1.72. The van der Waals surface area contributed by atoms with Gasteiger partial charge in [-0.3, -0.25) is 9.69 Å². The number of benzene rings is 1. The van der Waals surface area contributed by atoms with Gasteiger partial charge >= 0.3 is 0 Å². The summed E-state index contributed by atoms with van der Waals surface area (Å²) >= 11 is 1.52. The largest absolute Gasteiger partial charge is 0.494 e. The fourth-order valence-electron chi connectivity index (χ4n) is 3.03. The van der Waals surface area contributed by atoms with E-state index in [1.807, 2.05) is 19.1 Å². The number of unbranched alkanes of at least 4 members (excludes halogenated alkanes) is 1. The lowest BCUT2D eigenvalue weighted by Gasteiger charge is -2.20. The minimum absolute atomic E-state index is 0.101. The molecule has 0 N–H and O–H groups in total. The van der Waals surface area contributed by atoms with Gasteiger partial charge in [0.15, 0.2) is 0 Å². The monoisotopic (exact) mass is 400 g/mol. The first-order valence-corrected chi connectivity index (χ1v) is 10.8. The highest BCUT2D eigenvalue weighted by Gasteiger charge is 2.12. The van der Waals surface area contributed by atoms with Crippen LogP contribution in [-0.2, 0) is 19.5 Å². The van der Waals surface area contributed by atoms with E-state index in [-0.39, 0.29) is 5.56 Å². The molecule has 1 aromatic carbocycles. The van der Waals surface area contributed by atoms with E-state index in [9.17, 15) is 4.79 Å². The second-order valence-electron chi connectivity index (χ2n) is 6.76. The van der Waals surface area contributed by atoms with Crippen LogP contribution in [0.5, 0.6) is 5.75 Å². The van der Waals surface area contributed by atoms with Gasteiger partial charge in [0.05, 0.1) is 12.3 Å². The standard InChI is InChI=1S/C21H28N4O2S/c1-4-7-8-19-23-25-20(26)13-17(22-21(25)28-19)15-24(5-2)14-16-9-11-18(12-10-16)27-6-3/h9-13H,4-8,14-15H2,1-3H3. The van der Waals surface area contributed by atoms with E-state index in [2.05, 4.69) is 41.0 Å². The summed E-state index contributed by atoms with van der Waals surface area (Å²) in [6.45, 7) is 9.23. The van der Waals surface area contributed by atoms with Crippen LogP contribution >= 0.6 is 11.3 Å². The lowest BCUT2D eigenvalue weighted by molar-refractivity contribution is 0.268. The lowest BCUT2D eigenvalue weighted by atomic mass is 10.2. The van der Waals surface area contributed by atoms with E-state index in [4.69, 9.17) is 4.74 Å². The highest BCUT2D eigenvalue weighted by atomic mass is 32.1. The van der Waals surface area contributed by atoms with Crippen molar-refractivity contribution in [2.24, 2.45) is 0 Å². The summed E-state index contributed by atoms with van der Waals surface area (Å²) in [6.07, 6.45) is 3.09. The summed E-state index contributed by atoms with van der Waals surface area (Å²) < 4.78 is 6.94. The van der Waals surface area contributed by atoms with Crippen LogP contribution in [0.3, 0.4) is 0 Å². The maximum Gasteiger partial charge on any atom is 0.275 e. The predicted molar refractivity (Wildman–Crippen MR) is 113 cm³/mol. The molecule has 6 nitrogen and oxygen atoms in total. The number of ether oxygens (including phenoxy) is 1. The Bertz CT molecular complexity index is 949. The van der Waals surface area contributed by atoms with Gasteiger partial charge < -0.3 is 4.74 Å². The number of fused-ring (bicyclic) bond motifs is 1. The second-order valence-corrected chi connectivity index (χ2v) is 7.80. The smallest absolute Gasteiger partial charge is 0.275 e. The van der Waals surface area contributed by atoms with Crippen LogP contribution in [-0.4, -0.2) is 32.6 Å². The van der Waals surface area contributed by atoms with E-state index in [0.717, 1.165) is 48.8 Å². The topological polar surface area (TPSA) is 59.7 Å². The molecule has 0 aliphatic carbocycles. The lowest BCUT2D eigenvalue weighted by Crippen LogP contribution is -2.25. The van der Waals surface area contributed by atoms with Crippen molar-refractivity contribution in [3.8, 4) is 5.75 Å². The maximum absolute atomic E-state index is 12.4. The van der Waals surface area contributed by atoms with Gasteiger partial charge in [-0.2, -0.15) is 9.61 Å². The quantitative estimate of drug-likeness (QED) is 0.516. The van der Waals surface area contributed by atoms with Gasteiger partial charge in [0, 0.05) is 25.6 Å². The molecule has 0 radical (unpaired) electrons. The number of rotatable bonds is 10. The molecule has 3 aromatic rings. The highest BCUT2D eigenvalue weighted by molar-refractivity contribution is 7.16. The summed E-state index contributed by atoms with van der Waals surface area (Å²) in [6, 6.07) is 9.78. The van der Waals surface area contributed by atoms with Crippen LogP contribution in [0.25, 0.3) is 4.96 Å². The molecule has 28 heavy (non-hydrogen) atoms. The molecule has 0 aliphatic heterocycles. The molecule has 0 amide bonds. The van der Waals surface area contributed by atoms with Crippen molar-refractivity contribution >= 4 is 16.3 Å². The summed E-state index contributed by atoms with van der Waals surface area (Å²) in [5, 5.41) is 5.39. The second kappa shape index (κ2) is 9.80. The molecule has 0 aliphatic rings. The summed E-state index contributed by atoms with van der Waals surface area (Å²) in [5.74, 6) is 0.888. The first kappa shape index (κ1) is 20.5. The third-order valence-corrected chi connectivity index (χ3v) is 5.53. The van der Waals surface area contributed by atoms with Crippen molar-refractivity contribution in [2.75, 3.05) is 13.2 Å². The van der Waals surface area contributed by atoms with Gasteiger partial charge in [-0.25, -0.2) is 4.98 Å². The highest BCUT2D eigenvalue weighted by Crippen LogP contribution is 2.16. The minimum atomic E-state index is -0.101. The third-order valence-electron chi connectivity index (χ3n) is 4.56. The Morgan fingerprint density at radius 2 is 1.93 bits per heavy atom. The van der Waals surface area contributed by atoms with Crippen molar-refractivity contribution in [1.82, 2.24) is 19.5 Å². The average Bonchev–Trinajstić information content (AvgIpc) is 3.11. The minimum Gasteiger partial charge on any atom is -0.494 e. The molecule has 2 aromatic heterocycles. The predicted octanol–water partition coefficient (Wildman–Crippen LogP) is 3.91. The molecule has 2 heterocycles. The number of nitrogens with zero attached hydrogens (tertiary/aromatic N) is 4. The fraction of sp³-hybridized carbons (Fsp3) is 0.476. The molecule has 3 rings (SSSR count). The Labute approximate surface area is 169 Å². The fourth-order valence-corrected chi connectivity index (χ4v) is 3.99. The summed E-state index contributed by atoms with van der Waals surface area (Å²) in [4.78, 5) is 20.1. The molecule has 7 heteroatoms. The molecule has 0 atom stereocenters. The van der Waals surface area contributed by atoms with Gasteiger partial charge in [-0.1, -0.05) is 43.7 Å². The van der Waals surface area contributed by atoms with Crippen molar-refractivity contribution in [2.45, 2.75) is 53.1 Å². The molecule has 0 saturated heterocycles. The van der Waals surface area contributed by atoms with Crippen molar-refractivity contribution in [1.29, 1.82) is 0 Å². The van der Waals surface area contributed by atoms with Crippen LogP contribution in [0.1, 0.15) is 49.9 Å². The molecule has 0 fully saturated rings. The summed E-state index contributed by atoms with van der Waals surface area (Å²) in [5.41, 5.74) is 1.90. The van der Waals surface area contributed by atoms with Gasteiger partial charge in [0.1, 0.15) is 10.8 Å². The van der Waals surface area contributed by atoms with Crippen LogP contribution in [0.4, 0.5) is 0 Å². The number of aryl methyl sites for hydroxylation is 1. The number of hydrogen-bond donors (Lipinski definition) is 0. The van der Waals surface area contributed by atoms with Gasteiger partial charge in [-0.15, -0.1) is 0 Å². The average molecular weight is 401 g/mol. The van der Waals surface area contributed by atoms with Gasteiger partial charge in [-0.05, 0) is 37.6 Å². The Hall–Kier alpha value is -2.25. The zero-order chi connectivity index (χ0) is 19.9. The molecule has 0 saturated carbocycles. The normalized spacial score (nSPS) is 11.4. The molecule has 0 unspecified atom stereocenters. The maximum atomic E-state index is 12.4. The van der Waals surface area contributed by atoms with Crippen LogP contribution in [0.15, 0.2) is 35.1 Å². The third kappa shape index (κ3) is 5.17. The molecule has 150 valence electrons. The van der Waals surface area contributed by atoms with Gasteiger partial charge in [0.2, 0.25) is 4.96 Å². The first-order valence-electron chi connectivity index (χ1n) is 9.95. The van der Waals surface area contributed by atoms with Crippen LogP contribution < -0.4 is 10.3 Å². The molecular weight excluding hydrogens is 372 g/mol. The molecule has 0 spiro atoms. The van der Waals surface area contributed by atoms with Crippen LogP contribution in [0.2, 0.25) is 0 Å². The SMILES string of the molecule is CCCCc1nn2c(=O)cc(CN(CC)Cc3ccc(OCC)cc3)nc2s1. The van der Waals surface area contributed by atoms with E-state index in [1.54, 1.807) is 6.07 Å². The molecule has 0 bridgehead atoms. The Kier molecular flexibility index (Phi) is 7.17. The van der Waals surface area contributed by atoms with Crippen molar-refractivity contribution < 1.29 is 4.74 Å². The zero-order valence-corrected chi connectivity index (χ0v) is 17.7. The zero-order valence-electron chi connectivity index (χ0n) is 16.9. The number of hydrogen-bond acceptors (Lipinski definition) is 6. The van der Waals surface area contributed by atoms with E-state index < -0.39 is 0 Å². The van der Waals surface area contributed by atoms with Crippen molar-refractivity contribution in [3.05, 3.63) is 57.0 Å². The summed E-state index contributed by atoms with van der Waals surface area (Å²) in [7, 11) is 0. The van der Waals surface area contributed by atoms with Crippen LogP contribution in [0, 0.1) is 0 Å². The van der Waals surface area contributed by atoms with E-state index in [0.29, 0.717) is 18.1 Å². The Morgan fingerprint density at radius 1 is 1.14 bits per heavy atom. The first-order chi connectivity index (χ1) is 13.6.